The zero-order valence-corrected chi connectivity index (χ0v) is 9.08. The highest BCUT2D eigenvalue weighted by molar-refractivity contribution is 7.87. The number of alkyl halides is 5. The molecule has 0 aromatic rings. The summed E-state index contributed by atoms with van der Waals surface area (Å²) in [5.41, 5.74) is 0. The summed E-state index contributed by atoms with van der Waals surface area (Å²) in [7, 11) is -6.35. The van der Waals surface area contributed by atoms with Crippen LogP contribution >= 0.6 is 0 Å². The molecule has 98 valence electrons. The lowest BCUT2D eigenvalue weighted by atomic mass is 10.1. The van der Waals surface area contributed by atoms with Crippen LogP contribution in [0.4, 0.5) is 22.0 Å². The van der Waals surface area contributed by atoms with Gasteiger partial charge in [-0.2, -0.15) is 26.0 Å². The summed E-state index contributed by atoms with van der Waals surface area (Å²) in [4.78, 5) is 0. The maximum atomic E-state index is 12.8. The molecule has 9 heteroatoms. The lowest BCUT2D eigenvalue weighted by Gasteiger charge is -2.26. The van der Waals surface area contributed by atoms with E-state index in [0.717, 1.165) is 0 Å². The molecule has 1 N–H and O–H groups in total. The summed E-state index contributed by atoms with van der Waals surface area (Å²) in [6, 6.07) is 0. The Labute approximate surface area is 89.4 Å². The lowest BCUT2D eigenvalue weighted by molar-refractivity contribution is -0.198. The predicted molar refractivity (Wildman–Crippen MR) is 45.9 cm³/mol. The molecule has 0 amide bonds. The van der Waals surface area contributed by atoms with Crippen molar-refractivity contribution in [2.75, 3.05) is 0 Å². The van der Waals surface area contributed by atoms with E-state index >= 15 is 0 Å². The van der Waals surface area contributed by atoms with Gasteiger partial charge >= 0.3 is 21.3 Å². The zero-order chi connectivity index (χ0) is 13.2. The van der Waals surface area contributed by atoms with E-state index in [4.69, 9.17) is 4.55 Å². The van der Waals surface area contributed by atoms with Crippen molar-refractivity contribution in [3.63, 3.8) is 0 Å². The van der Waals surface area contributed by atoms with Gasteiger partial charge < -0.3 is 0 Å². The van der Waals surface area contributed by atoms with Crippen molar-refractivity contribution in [3.05, 3.63) is 0 Å². The van der Waals surface area contributed by atoms with Gasteiger partial charge in [0.25, 0.3) is 0 Å². The van der Waals surface area contributed by atoms with Crippen molar-refractivity contribution in [2.24, 2.45) is 0 Å². The fourth-order valence-corrected chi connectivity index (χ4v) is 1.39. The van der Waals surface area contributed by atoms with E-state index in [1.54, 1.807) is 0 Å². The van der Waals surface area contributed by atoms with Crippen molar-refractivity contribution in [1.82, 2.24) is 0 Å². The standard InChI is InChI=1S/C7H11F5O3S/c1-2-3-4-5(8)6(9,10)7(11,12)16(13,14)15/h5H,2-4H2,1H3,(H,13,14,15). The molecule has 3 nitrogen and oxygen atoms in total. The van der Waals surface area contributed by atoms with Gasteiger partial charge in [-0.3, -0.25) is 4.55 Å². The Morgan fingerprint density at radius 1 is 1.25 bits per heavy atom. The number of halogens is 5. The summed E-state index contributed by atoms with van der Waals surface area (Å²) < 4.78 is 91.4. The molecule has 0 aromatic heterocycles. The maximum absolute atomic E-state index is 12.8. The maximum Gasteiger partial charge on any atom is 0.434 e. The molecule has 0 saturated heterocycles. The van der Waals surface area contributed by atoms with Crippen LogP contribution in [0, 0.1) is 0 Å². The molecule has 0 rings (SSSR count). The minimum atomic E-state index is -6.35. The Morgan fingerprint density at radius 3 is 2.00 bits per heavy atom. The molecular formula is C7H11F5O3S. The molecule has 0 heterocycles. The second kappa shape index (κ2) is 4.82. The Kier molecular flexibility index (Phi) is 4.69. The zero-order valence-electron chi connectivity index (χ0n) is 8.26. The molecule has 0 spiro atoms. The smallest absolute Gasteiger partial charge is 0.281 e. The van der Waals surface area contributed by atoms with Crippen molar-refractivity contribution in [1.29, 1.82) is 0 Å². The van der Waals surface area contributed by atoms with Gasteiger partial charge in [-0.05, 0) is 6.42 Å². The summed E-state index contributed by atoms with van der Waals surface area (Å²) in [6.07, 6.45) is -4.05. The van der Waals surface area contributed by atoms with Crippen LogP contribution in [0.1, 0.15) is 26.2 Å². The Morgan fingerprint density at radius 2 is 1.69 bits per heavy atom. The third-order valence-corrected chi connectivity index (χ3v) is 2.84. The predicted octanol–water partition coefficient (Wildman–Crippen LogP) is 2.63. The minimum absolute atomic E-state index is 0.0989. The molecule has 0 aliphatic heterocycles. The van der Waals surface area contributed by atoms with Crippen molar-refractivity contribution < 1.29 is 34.9 Å². The van der Waals surface area contributed by atoms with Crippen LogP contribution in [-0.2, 0) is 10.1 Å². The average Bonchev–Trinajstić information content (AvgIpc) is 2.11. The van der Waals surface area contributed by atoms with Crippen LogP contribution in [0.25, 0.3) is 0 Å². The van der Waals surface area contributed by atoms with Gasteiger partial charge in [-0.15, -0.1) is 0 Å². The molecule has 0 radical (unpaired) electrons. The third kappa shape index (κ3) is 2.82. The second-order valence-electron chi connectivity index (χ2n) is 3.22. The molecule has 0 saturated carbocycles. The molecule has 0 fully saturated rings. The van der Waals surface area contributed by atoms with E-state index < -0.39 is 33.9 Å². The number of hydrogen-bond donors (Lipinski definition) is 1. The number of rotatable bonds is 6. The normalized spacial score (nSPS) is 16.2. The first kappa shape index (κ1) is 15.6. The van der Waals surface area contributed by atoms with Gasteiger partial charge in [0.15, 0.2) is 6.17 Å². The fraction of sp³-hybridized carbons (Fsp3) is 1.00. The molecule has 0 aliphatic rings. The summed E-state index contributed by atoms with van der Waals surface area (Å²) >= 11 is 0. The molecule has 0 aliphatic carbocycles. The van der Waals surface area contributed by atoms with Crippen LogP contribution in [0.3, 0.4) is 0 Å². The fourth-order valence-electron chi connectivity index (χ4n) is 0.919. The van der Waals surface area contributed by atoms with Crippen LogP contribution in [0.15, 0.2) is 0 Å². The highest BCUT2D eigenvalue weighted by Gasteiger charge is 2.69. The Balaban J connectivity index is 5.04. The molecule has 1 atom stereocenters. The average molecular weight is 270 g/mol. The third-order valence-electron chi connectivity index (χ3n) is 1.92. The number of hydrogen-bond acceptors (Lipinski definition) is 2. The van der Waals surface area contributed by atoms with Crippen LogP contribution in [0.2, 0.25) is 0 Å². The molecular weight excluding hydrogens is 259 g/mol. The lowest BCUT2D eigenvalue weighted by Crippen LogP contribution is -2.52. The molecule has 0 bridgehead atoms. The van der Waals surface area contributed by atoms with Gasteiger partial charge in [0.2, 0.25) is 0 Å². The van der Waals surface area contributed by atoms with E-state index in [1.165, 1.54) is 6.92 Å². The van der Waals surface area contributed by atoms with Crippen LogP contribution in [0.5, 0.6) is 0 Å². The first-order valence-corrected chi connectivity index (χ1v) is 5.79. The van der Waals surface area contributed by atoms with E-state index in [0.29, 0.717) is 0 Å². The highest BCUT2D eigenvalue weighted by atomic mass is 32.2. The summed E-state index contributed by atoms with van der Waals surface area (Å²) in [5, 5.41) is -5.83. The topological polar surface area (TPSA) is 54.4 Å². The van der Waals surface area contributed by atoms with Gasteiger partial charge in [0, 0.05) is 0 Å². The van der Waals surface area contributed by atoms with E-state index in [1.807, 2.05) is 0 Å². The van der Waals surface area contributed by atoms with Crippen LogP contribution in [-0.4, -0.2) is 30.3 Å². The first-order valence-electron chi connectivity index (χ1n) is 4.35. The minimum Gasteiger partial charge on any atom is -0.281 e. The largest absolute Gasteiger partial charge is 0.434 e. The second-order valence-corrected chi connectivity index (χ2v) is 4.69. The van der Waals surface area contributed by atoms with Gasteiger partial charge in [0.05, 0.1) is 0 Å². The van der Waals surface area contributed by atoms with E-state index in [9.17, 15) is 30.4 Å². The number of unbranched alkanes of at least 4 members (excludes halogenated alkanes) is 1. The van der Waals surface area contributed by atoms with Gasteiger partial charge in [-0.1, -0.05) is 19.8 Å². The SMILES string of the molecule is CCCCC(F)C(F)(F)C(F)(F)S(=O)(=O)O. The highest BCUT2D eigenvalue weighted by Crippen LogP contribution is 2.43. The van der Waals surface area contributed by atoms with Gasteiger partial charge in [0.1, 0.15) is 0 Å². The van der Waals surface area contributed by atoms with E-state index in [2.05, 4.69) is 0 Å². The monoisotopic (exact) mass is 270 g/mol. The van der Waals surface area contributed by atoms with Crippen molar-refractivity contribution in [3.8, 4) is 0 Å². The Bertz CT molecular complexity index is 327. The summed E-state index contributed by atoms with van der Waals surface area (Å²) in [6.45, 7) is 1.52. The molecule has 0 aromatic carbocycles. The van der Waals surface area contributed by atoms with Gasteiger partial charge in [-0.25, -0.2) is 4.39 Å². The van der Waals surface area contributed by atoms with Crippen LogP contribution < -0.4 is 0 Å². The van der Waals surface area contributed by atoms with Crippen molar-refractivity contribution in [2.45, 2.75) is 43.5 Å². The quantitative estimate of drug-likeness (QED) is 0.596. The first-order chi connectivity index (χ1) is 6.98. The molecule has 1 unspecified atom stereocenters. The molecule has 16 heavy (non-hydrogen) atoms. The summed E-state index contributed by atoms with van der Waals surface area (Å²) in [5.74, 6) is -5.45. The Hall–Kier alpha value is -0.440. The van der Waals surface area contributed by atoms with Crippen molar-refractivity contribution >= 4 is 10.1 Å². The van der Waals surface area contributed by atoms with E-state index in [-0.39, 0.29) is 12.8 Å².